The largest absolute Gasteiger partial charge is 0.416 e. The standard InChI is InChI=1S/C20H19F3N2O3/c1-13(26)15-3-9-18(10-4-15)25(14(2)27)12-11-19(28)24-17-7-5-16(6-8-17)20(21,22)23/h3-10H,11-12H2,1-2H3,(H,24,28). The molecule has 148 valence electrons. The monoisotopic (exact) mass is 392 g/mol. The molecule has 0 aliphatic heterocycles. The van der Waals surface area contributed by atoms with Gasteiger partial charge in [-0.1, -0.05) is 0 Å². The van der Waals surface area contributed by atoms with Gasteiger partial charge in [-0.3, -0.25) is 14.4 Å². The summed E-state index contributed by atoms with van der Waals surface area (Å²) in [6, 6.07) is 10.5. The molecule has 0 saturated carbocycles. The number of alkyl halides is 3. The van der Waals surface area contributed by atoms with Gasteiger partial charge in [0.2, 0.25) is 11.8 Å². The van der Waals surface area contributed by atoms with Gasteiger partial charge in [0.25, 0.3) is 0 Å². The number of anilines is 2. The van der Waals surface area contributed by atoms with Crippen LogP contribution in [0, 0.1) is 0 Å². The Morgan fingerprint density at radius 3 is 1.96 bits per heavy atom. The Morgan fingerprint density at radius 2 is 1.50 bits per heavy atom. The quantitative estimate of drug-likeness (QED) is 0.746. The normalized spacial score (nSPS) is 11.0. The van der Waals surface area contributed by atoms with Crippen molar-refractivity contribution >= 4 is 29.0 Å². The van der Waals surface area contributed by atoms with E-state index in [-0.39, 0.29) is 30.3 Å². The number of amides is 2. The summed E-state index contributed by atoms with van der Waals surface area (Å²) in [5, 5.41) is 2.50. The molecule has 0 heterocycles. The van der Waals surface area contributed by atoms with E-state index in [9.17, 15) is 27.6 Å². The van der Waals surface area contributed by atoms with Gasteiger partial charge in [-0.25, -0.2) is 0 Å². The maximum absolute atomic E-state index is 12.6. The summed E-state index contributed by atoms with van der Waals surface area (Å²) in [4.78, 5) is 36.7. The number of carbonyl (C=O) groups excluding carboxylic acids is 3. The SMILES string of the molecule is CC(=O)c1ccc(N(CCC(=O)Nc2ccc(C(F)(F)F)cc2)C(C)=O)cc1. The summed E-state index contributed by atoms with van der Waals surface area (Å²) in [6.45, 7) is 2.87. The van der Waals surface area contributed by atoms with E-state index >= 15 is 0 Å². The zero-order chi connectivity index (χ0) is 20.9. The Bertz CT molecular complexity index is 860. The molecular weight excluding hydrogens is 373 g/mol. The van der Waals surface area contributed by atoms with Gasteiger partial charge in [-0.05, 0) is 55.5 Å². The van der Waals surface area contributed by atoms with Crippen LogP contribution in [0.4, 0.5) is 24.5 Å². The van der Waals surface area contributed by atoms with Gasteiger partial charge in [0.05, 0.1) is 5.56 Å². The fourth-order valence-corrected chi connectivity index (χ4v) is 2.52. The fraction of sp³-hybridized carbons (Fsp3) is 0.250. The molecule has 0 aliphatic carbocycles. The van der Waals surface area contributed by atoms with E-state index in [1.807, 2.05) is 0 Å². The minimum atomic E-state index is -4.44. The highest BCUT2D eigenvalue weighted by Gasteiger charge is 2.30. The molecule has 5 nitrogen and oxygen atoms in total. The number of carbonyl (C=O) groups is 3. The summed E-state index contributed by atoms with van der Waals surface area (Å²) in [5.41, 5.74) is 0.479. The van der Waals surface area contributed by atoms with Gasteiger partial charge in [0.1, 0.15) is 0 Å². The fourth-order valence-electron chi connectivity index (χ4n) is 2.52. The molecule has 0 atom stereocenters. The van der Waals surface area contributed by atoms with E-state index in [0.717, 1.165) is 12.1 Å². The van der Waals surface area contributed by atoms with E-state index in [1.54, 1.807) is 24.3 Å². The average Bonchev–Trinajstić information content (AvgIpc) is 2.61. The second kappa shape index (κ2) is 8.69. The Morgan fingerprint density at radius 1 is 0.929 bits per heavy atom. The molecule has 1 N–H and O–H groups in total. The number of ketones is 1. The number of rotatable bonds is 6. The first-order chi connectivity index (χ1) is 13.1. The van der Waals surface area contributed by atoms with Gasteiger partial charge in [-0.2, -0.15) is 13.2 Å². The Labute approximate surface area is 160 Å². The smallest absolute Gasteiger partial charge is 0.326 e. The zero-order valence-corrected chi connectivity index (χ0v) is 15.3. The molecule has 8 heteroatoms. The summed E-state index contributed by atoms with van der Waals surface area (Å²) in [7, 11) is 0. The van der Waals surface area contributed by atoms with E-state index in [0.29, 0.717) is 11.3 Å². The van der Waals surface area contributed by atoms with Gasteiger partial charge < -0.3 is 10.2 Å². The second-order valence-electron chi connectivity index (χ2n) is 6.15. The van der Waals surface area contributed by atoms with Crippen molar-refractivity contribution in [2.24, 2.45) is 0 Å². The van der Waals surface area contributed by atoms with E-state index in [4.69, 9.17) is 0 Å². The lowest BCUT2D eigenvalue weighted by Gasteiger charge is -2.21. The first-order valence-corrected chi connectivity index (χ1v) is 8.44. The molecule has 2 amide bonds. The molecule has 28 heavy (non-hydrogen) atoms. The number of Topliss-reactive ketones (excluding diaryl/α,β-unsaturated/α-hetero) is 1. The molecule has 0 spiro atoms. The second-order valence-corrected chi connectivity index (χ2v) is 6.15. The van der Waals surface area contributed by atoms with Gasteiger partial charge in [0, 0.05) is 36.8 Å². The summed E-state index contributed by atoms with van der Waals surface area (Å²) in [6.07, 6.45) is -4.49. The summed E-state index contributed by atoms with van der Waals surface area (Å²) < 4.78 is 37.7. The van der Waals surface area contributed by atoms with Crippen molar-refractivity contribution in [3.8, 4) is 0 Å². The van der Waals surface area contributed by atoms with Crippen LogP contribution in [0.1, 0.15) is 36.2 Å². The highest BCUT2D eigenvalue weighted by Crippen LogP contribution is 2.29. The predicted molar refractivity (Wildman–Crippen MR) is 99.2 cm³/mol. The van der Waals surface area contributed by atoms with Gasteiger partial charge in [-0.15, -0.1) is 0 Å². The van der Waals surface area contributed by atoms with Crippen molar-refractivity contribution in [1.29, 1.82) is 0 Å². The minimum Gasteiger partial charge on any atom is -0.326 e. The van der Waals surface area contributed by atoms with Crippen LogP contribution >= 0.6 is 0 Å². The topological polar surface area (TPSA) is 66.5 Å². The molecule has 0 aromatic heterocycles. The summed E-state index contributed by atoms with van der Waals surface area (Å²) in [5.74, 6) is -0.818. The first-order valence-electron chi connectivity index (χ1n) is 8.44. The Kier molecular flexibility index (Phi) is 6.56. The van der Waals surface area contributed by atoms with Crippen LogP contribution in [-0.4, -0.2) is 24.1 Å². The van der Waals surface area contributed by atoms with Crippen LogP contribution in [0.5, 0.6) is 0 Å². The molecule has 0 bridgehead atoms. The average molecular weight is 392 g/mol. The highest BCUT2D eigenvalue weighted by molar-refractivity contribution is 5.97. The van der Waals surface area contributed by atoms with Gasteiger partial charge >= 0.3 is 6.18 Å². The molecule has 0 radical (unpaired) electrons. The van der Waals surface area contributed by atoms with Crippen LogP contribution in [0.2, 0.25) is 0 Å². The number of hydrogen-bond acceptors (Lipinski definition) is 3. The highest BCUT2D eigenvalue weighted by atomic mass is 19.4. The van der Waals surface area contributed by atoms with Crippen molar-refractivity contribution in [3.63, 3.8) is 0 Å². The molecular formula is C20H19F3N2O3. The maximum Gasteiger partial charge on any atom is 0.416 e. The van der Waals surface area contributed by atoms with E-state index in [1.165, 1.54) is 30.9 Å². The lowest BCUT2D eigenvalue weighted by atomic mass is 10.1. The minimum absolute atomic E-state index is 0.0466. The predicted octanol–water partition coefficient (Wildman–Crippen LogP) is 4.29. The molecule has 2 aromatic rings. The summed E-state index contributed by atoms with van der Waals surface area (Å²) >= 11 is 0. The maximum atomic E-state index is 12.6. The molecule has 2 rings (SSSR count). The van der Waals surface area contributed by atoms with Crippen molar-refractivity contribution in [3.05, 3.63) is 59.7 Å². The van der Waals surface area contributed by atoms with Crippen molar-refractivity contribution in [2.45, 2.75) is 26.4 Å². The molecule has 0 unspecified atom stereocenters. The number of nitrogens with one attached hydrogen (secondary N) is 1. The number of nitrogens with zero attached hydrogens (tertiary/aromatic N) is 1. The third kappa shape index (κ3) is 5.67. The van der Waals surface area contributed by atoms with Crippen LogP contribution in [0.3, 0.4) is 0 Å². The third-order valence-electron chi connectivity index (χ3n) is 4.02. The van der Waals surface area contributed by atoms with Crippen molar-refractivity contribution in [1.82, 2.24) is 0 Å². The van der Waals surface area contributed by atoms with Crippen LogP contribution in [0.25, 0.3) is 0 Å². The zero-order valence-electron chi connectivity index (χ0n) is 15.3. The Balaban J connectivity index is 1.98. The number of halogens is 3. The van der Waals surface area contributed by atoms with Crippen LogP contribution in [-0.2, 0) is 15.8 Å². The Hall–Kier alpha value is -3.16. The van der Waals surface area contributed by atoms with Crippen molar-refractivity contribution in [2.75, 3.05) is 16.8 Å². The lowest BCUT2D eigenvalue weighted by Crippen LogP contribution is -2.32. The van der Waals surface area contributed by atoms with Gasteiger partial charge in [0.15, 0.2) is 5.78 Å². The van der Waals surface area contributed by atoms with Crippen LogP contribution in [0.15, 0.2) is 48.5 Å². The van der Waals surface area contributed by atoms with Crippen molar-refractivity contribution < 1.29 is 27.6 Å². The van der Waals surface area contributed by atoms with E-state index in [2.05, 4.69) is 5.32 Å². The first kappa shape index (κ1) is 21.1. The number of benzene rings is 2. The molecule has 0 aliphatic rings. The lowest BCUT2D eigenvalue weighted by molar-refractivity contribution is -0.137. The van der Waals surface area contributed by atoms with Crippen LogP contribution < -0.4 is 10.2 Å². The third-order valence-corrected chi connectivity index (χ3v) is 4.02. The number of hydrogen-bond donors (Lipinski definition) is 1. The van der Waals surface area contributed by atoms with E-state index < -0.39 is 17.6 Å². The molecule has 0 saturated heterocycles. The molecule has 2 aromatic carbocycles. The molecule has 0 fully saturated rings.